The van der Waals surface area contributed by atoms with Gasteiger partial charge in [-0.3, -0.25) is 9.59 Å². The molecule has 0 fully saturated rings. The lowest BCUT2D eigenvalue weighted by Gasteiger charge is -2.05. The summed E-state index contributed by atoms with van der Waals surface area (Å²) in [6, 6.07) is 3.14. The van der Waals surface area contributed by atoms with Gasteiger partial charge in [-0.1, -0.05) is 13.3 Å². The second kappa shape index (κ2) is 8.47. The van der Waals surface area contributed by atoms with E-state index >= 15 is 0 Å². The number of unbranched alkanes of at least 4 members (excludes halogenated alkanes) is 1. The summed E-state index contributed by atoms with van der Waals surface area (Å²) in [6.45, 7) is 4.02. The van der Waals surface area contributed by atoms with E-state index in [2.05, 4.69) is 17.2 Å². The number of ether oxygens (including phenoxy) is 1. The van der Waals surface area contributed by atoms with E-state index in [1.807, 2.05) is 0 Å². The minimum Gasteiger partial charge on any atom is -0.381 e. The maximum atomic E-state index is 11.6. The Balaban J connectivity index is 2.18. The van der Waals surface area contributed by atoms with Gasteiger partial charge in [0.1, 0.15) is 5.56 Å². The van der Waals surface area contributed by atoms with Crippen LogP contribution in [0.25, 0.3) is 0 Å². The fourth-order valence-corrected chi connectivity index (χ4v) is 1.42. The zero-order valence-electron chi connectivity index (χ0n) is 10.7. The summed E-state index contributed by atoms with van der Waals surface area (Å²) in [7, 11) is 0. The zero-order chi connectivity index (χ0) is 13.2. The number of amides is 1. The lowest BCUT2D eigenvalue weighted by atomic mass is 10.2. The summed E-state index contributed by atoms with van der Waals surface area (Å²) in [6.07, 6.45) is 4.43. The van der Waals surface area contributed by atoms with Crippen molar-refractivity contribution in [3.8, 4) is 0 Å². The molecular weight excluding hydrogens is 232 g/mol. The van der Waals surface area contributed by atoms with Gasteiger partial charge in [0, 0.05) is 26.0 Å². The van der Waals surface area contributed by atoms with Gasteiger partial charge in [0.15, 0.2) is 0 Å². The monoisotopic (exact) mass is 252 g/mol. The Morgan fingerprint density at radius 2 is 2.17 bits per heavy atom. The highest BCUT2D eigenvalue weighted by Crippen LogP contribution is 1.91. The molecule has 5 nitrogen and oxygen atoms in total. The SMILES string of the molecule is CCCCOCCCNC(=O)c1ccc[nH]c1=O. The first-order chi connectivity index (χ1) is 8.75. The molecule has 1 amide bonds. The number of aromatic nitrogens is 1. The van der Waals surface area contributed by atoms with E-state index in [-0.39, 0.29) is 17.0 Å². The van der Waals surface area contributed by atoms with E-state index < -0.39 is 0 Å². The van der Waals surface area contributed by atoms with Crippen LogP contribution in [-0.2, 0) is 4.74 Å². The Morgan fingerprint density at radius 3 is 2.89 bits per heavy atom. The average Bonchev–Trinajstić information content (AvgIpc) is 2.38. The van der Waals surface area contributed by atoms with E-state index in [1.54, 1.807) is 6.07 Å². The summed E-state index contributed by atoms with van der Waals surface area (Å²) in [5, 5.41) is 2.69. The quantitative estimate of drug-likeness (QED) is 0.685. The van der Waals surface area contributed by atoms with Crippen molar-refractivity contribution in [3.63, 3.8) is 0 Å². The van der Waals surface area contributed by atoms with Gasteiger partial charge in [-0.15, -0.1) is 0 Å². The fourth-order valence-electron chi connectivity index (χ4n) is 1.42. The number of rotatable bonds is 8. The van der Waals surface area contributed by atoms with E-state index in [0.717, 1.165) is 25.9 Å². The summed E-state index contributed by atoms with van der Waals surface area (Å²) in [5.41, 5.74) is -0.224. The number of H-pyrrole nitrogens is 1. The van der Waals surface area contributed by atoms with Crippen LogP contribution in [0.4, 0.5) is 0 Å². The minimum absolute atomic E-state index is 0.143. The van der Waals surface area contributed by atoms with Crippen molar-refractivity contribution in [2.75, 3.05) is 19.8 Å². The van der Waals surface area contributed by atoms with Gasteiger partial charge in [-0.05, 0) is 25.0 Å². The molecule has 2 N–H and O–H groups in total. The van der Waals surface area contributed by atoms with Crippen molar-refractivity contribution in [1.82, 2.24) is 10.3 Å². The van der Waals surface area contributed by atoms with Crippen molar-refractivity contribution >= 4 is 5.91 Å². The van der Waals surface area contributed by atoms with Crippen LogP contribution >= 0.6 is 0 Å². The van der Waals surface area contributed by atoms with Gasteiger partial charge < -0.3 is 15.0 Å². The van der Waals surface area contributed by atoms with Crippen molar-refractivity contribution in [1.29, 1.82) is 0 Å². The van der Waals surface area contributed by atoms with Gasteiger partial charge in [0.25, 0.3) is 11.5 Å². The van der Waals surface area contributed by atoms with Crippen LogP contribution in [0.3, 0.4) is 0 Å². The third-order valence-corrected chi connectivity index (χ3v) is 2.46. The number of hydrogen-bond donors (Lipinski definition) is 2. The van der Waals surface area contributed by atoms with Gasteiger partial charge >= 0.3 is 0 Å². The highest BCUT2D eigenvalue weighted by molar-refractivity contribution is 5.93. The Hall–Kier alpha value is -1.62. The Labute approximate surface area is 107 Å². The van der Waals surface area contributed by atoms with Crippen LogP contribution in [0.2, 0.25) is 0 Å². The molecular formula is C13H20N2O3. The second-order valence-electron chi connectivity index (χ2n) is 3.99. The highest BCUT2D eigenvalue weighted by Gasteiger charge is 2.07. The van der Waals surface area contributed by atoms with Crippen molar-refractivity contribution in [2.24, 2.45) is 0 Å². The first-order valence-electron chi connectivity index (χ1n) is 6.29. The first-order valence-corrected chi connectivity index (χ1v) is 6.29. The van der Waals surface area contributed by atoms with Crippen LogP contribution < -0.4 is 10.9 Å². The Morgan fingerprint density at radius 1 is 1.39 bits per heavy atom. The normalized spacial score (nSPS) is 10.3. The standard InChI is InChI=1S/C13H20N2O3/c1-2-3-9-18-10-5-8-15-13(17)11-6-4-7-14-12(11)16/h4,6-7H,2-3,5,8-10H2,1H3,(H,14,16)(H,15,17). The molecule has 100 valence electrons. The second-order valence-corrected chi connectivity index (χ2v) is 3.99. The van der Waals surface area contributed by atoms with E-state index in [0.29, 0.717) is 13.2 Å². The third-order valence-electron chi connectivity index (χ3n) is 2.46. The molecule has 0 aliphatic rings. The molecule has 0 spiro atoms. The average molecular weight is 252 g/mol. The minimum atomic E-state index is -0.366. The molecule has 1 aromatic rings. The summed E-state index contributed by atoms with van der Waals surface area (Å²) in [5.74, 6) is -0.342. The van der Waals surface area contributed by atoms with Crippen molar-refractivity contribution in [3.05, 3.63) is 34.2 Å². The van der Waals surface area contributed by atoms with E-state index in [1.165, 1.54) is 12.3 Å². The van der Waals surface area contributed by atoms with Gasteiger partial charge in [0.05, 0.1) is 0 Å². The summed E-state index contributed by atoms with van der Waals surface area (Å²) >= 11 is 0. The van der Waals surface area contributed by atoms with Crippen LogP contribution in [-0.4, -0.2) is 30.6 Å². The molecule has 0 saturated heterocycles. The molecule has 0 aliphatic carbocycles. The van der Waals surface area contributed by atoms with Crippen LogP contribution in [0.5, 0.6) is 0 Å². The molecule has 0 saturated carbocycles. The number of hydrogen-bond acceptors (Lipinski definition) is 3. The molecule has 0 aromatic carbocycles. The highest BCUT2D eigenvalue weighted by atomic mass is 16.5. The third kappa shape index (κ3) is 5.14. The van der Waals surface area contributed by atoms with Crippen LogP contribution in [0.15, 0.2) is 23.1 Å². The molecule has 1 aromatic heterocycles. The predicted molar refractivity (Wildman–Crippen MR) is 69.7 cm³/mol. The number of carbonyl (C=O) groups is 1. The first kappa shape index (κ1) is 14.4. The maximum absolute atomic E-state index is 11.6. The lowest BCUT2D eigenvalue weighted by Crippen LogP contribution is -2.30. The smallest absolute Gasteiger partial charge is 0.260 e. The van der Waals surface area contributed by atoms with Crippen LogP contribution in [0, 0.1) is 0 Å². The molecule has 18 heavy (non-hydrogen) atoms. The number of aromatic amines is 1. The maximum Gasteiger partial charge on any atom is 0.260 e. The molecule has 0 unspecified atom stereocenters. The fraction of sp³-hybridized carbons (Fsp3) is 0.538. The zero-order valence-corrected chi connectivity index (χ0v) is 10.7. The predicted octanol–water partition coefficient (Wildman–Crippen LogP) is 1.31. The van der Waals surface area contributed by atoms with Crippen LogP contribution in [0.1, 0.15) is 36.5 Å². The van der Waals surface area contributed by atoms with Gasteiger partial charge in [0.2, 0.25) is 0 Å². The molecule has 0 radical (unpaired) electrons. The molecule has 0 aliphatic heterocycles. The molecule has 0 atom stereocenters. The van der Waals surface area contributed by atoms with Crippen molar-refractivity contribution in [2.45, 2.75) is 26.2 Å². The Bertz CT molecular complexity index is 415. The number of nitrogens with one attached hydrogen (secondary N) is 2. The Kier molecular flexibility index (Phi) is 6.79. The summed E-state index contributed by atoms with van der Waals surface area (Å²) in [4.78, 5) is 25.4. The molecule has 0 bridgehead atoms. The van der Waals surface area contributed by atoms with Gasteiger partial charge in [-0.25, -0.2) is 0 Å². The molecule has 1 heterocycles. The summed E-state index contributed by atoms with van der Waals surface area (Å²) < 4.78 is 5.37. The molecule has 1 rings (SSSR count). The van der Waals surface area contributed by atoms with Crippen molar-refractivity contribution < 1.29 is 9.53 Å². The lowest BCUT2D eigenvalue weighted by molar-refractivity contribution is 0.0939. The van der Waals surface area contributed by atoms with E-state index in [4.69, 9.17) is 4.74 Å². The topological polar surface area (TPSA) is 71.2 Å². The van der Waals surface area contributed by atoms with E-state index in [9.17, 15) is 9.59 Å². The van der Waals surface area contributed by atoms with Gasteiger partial charge in [-0.2, -0.15) is 0 Å². The number of carbonyl (C=O) groups excluding carboxylic acids is 1. The largest absolute Gasteiger partial charge is 0.381 e. The number of pyridine rings is 1. The molecule has 5 heteroatoms.